The van der Waals surface area contributed by atoms with E-state index in [2.05, 4.69) is 0 Å². The number of carbonyl (C=O) groups excluding carboxylic acids is 5. The van der Waals surface area contributed by atoms with E-state index in [-0.39, 0.29) is 60.7 Å². The van der Waals surface area contributed by atoms with Gasteiger partial charge in [-0.2, -0.15) is 0 Å². The van der Waals surface area contributed by atoms with Crippen LogP contribution in [0, 0.1) is 35.5 Å². The van der Waals surface area contributed by atoms with Crippen LogP contribution in [0.1, 0.15) is 119 Å². The Morgan fingerprint density at radius 3 is 2.26 bits per heavy atom. The molecule has 2 bridgehead atoms. The number of esters is 1. The van der Waals surface area contributed by atoms with Crippen LogP contribution in [0.5, 0.6) is 0 Å². The molecular formula is C57H90N2O15. The summed E-state index contributed by atoms with van der Waals surface area (Å²) < 4.78 is 47.7. The number of hydrogen-bond acceptors (Lipinski definition) is 16. The van der Waals surface area contributed by atoms with Crippen molar-refractivity contribution in [2.24, 2.45) is 41.2 Å². The third-order valence-corrected chi connectivity index (χ3v) is 15.3. The molecule has 17 nitrogen and oxygen atoms in total. The van der Waals surface area contributed by atoms with Gasteiger partial charge in [0.25, 0.3) is 11.7 Å². The number of methoxy groups -OCH3 is 3. The van der Waals surface area contributed by atoms with Crippen molar-refractivity contribution in [2.75, 3.05) is 67.5 Å². The second-order valence-corrected chi connectivity index (χ2v) is 21.1. The Kier molecular flexibility index (Phi) is 26.7. The van der Waals surface area contributed by atoms with Crippen molar-refractivity contribution in [3.05, 3.63) is 59.4 Å². The number of allylic oxidation sites excluding steroid dienone is 7. The molecule has 2 fully saturated rings. The maximum Gasteiger partial charge on any atom is 0.355 e. The van der Waals surface area contributed by atoms with Gasteiger partial charge in [0.1, 0.15) is 29.8 Å². The summed E-state index contributed by atoms with van der Waals surface area (Å²) >= 11 is 0. The third kappa shape index (κ3) is 17.9. The van der Waals surface area contributed by atoms with Gasteiger partial charge in [0, 0.05) is 65.0 Å². The number of aliphatic hydroxyl groups excluding tert-OH is 2. The number of rotatable bonds is 15. The van der Waals surface area contributed by atoms with Gasteiger partial charge in [-0.1, -0.05) is 77.2 Å². The molecular weight excluding hydrogens is 953 g/mol. The van der Waals surface area contributed by atoms with Crippen LogP contribution in [-0.4, -0.2) is 160 Å². The Morgan fingerprint density at radius 1 is 0.851 bits per heavy atom. The average molecular weight is 1040 g/mol. The maximum atomic E-state index is 14.8. The quantitative estimate of drug-likeness (QED) is 0.0705. The Bertz CT molecular complexity index is 1980. The first kappa shape index (κ1) is 62.8. The van der Waals surface area contributed by atoms with Gasteiger partial charge in [-0.15, -0.1) is 0 Å². The highest BCUT2D eigenvalue weighted by Crippen LogP contribution is 2.39. The molecule has 0 unspecified atom stereocenters. The zero-order valence-corrected chi connectivity index (χ0v) is 46.0. The summed E-state index contributed by atoms with van der Waals surface area (Å²) in [6.45, 7) is 15.1. The summed E-state index contributed by atoms with van der Waals surface area (Å²) in [7, 11) is 4.29. The van der Waals surface area contributed by atoms with Crippen LogP contribution in [0.4, 0.5) is 0 Å². The van der Waals surface area contributed by atoms with Crippen LogP contribution in [0.2, 0.25) is 0 Å². The van der Waals surface area contributed by atoms with E-state index in [1.807, 2.05) is 58.1 Å². The molecule has 17 heteroatoms. The number of nitrogens with zero attached hydrogens (tertiary/aromatic N) is 1. The highest BCUT2D eigenvalue weighted by atomic mass is 16.7. The summed E-state index contributed by atoms with van der Waals surface area (Å²) in [6.07, 6.45) is 12.4. The Morgan fingerprint density at radius 2 is 1.57 bits per heavy atom. The van der Waals surface area contributed by atoms with Gasteiger partial charge in [-0.05, 0) is 101 Å². The summed E-state index contributed by atoms with van der Waals surface area (Å²) in [5.41, 5.74) is 6.67. The highest BCUT2D eigenvalue weighted by molar-refractivity contribution is 6.39. The van der Waals surface area contributed by atoms with Gasteiger partial charge in [0.15, 0.2) is 5.78 Å². The monoisotopic (exact) mass is 1040 g/mol. The number of carbonyl (C=O) groups is 5. The zero-order chi connectivity index (χ0) is 54.5. The fraction of sp³-hybridized carbons (Fsp3) is 0.737. The Labute approximate surface area is 440 Å². The minimum Gasteiger partial charge on any atom is -0.457 e. The van der Waals surface area contributed by atoms with Crippen LogP contribution in [0.15, 0.2) is 59.4 Å². The molecule has 1 saturated carbocycles. The molecule has 3 heterocycles. The van der Waals surface area contributed by atoms with E-state index < -0.39 is 77.8 Å². The fourth-order valence-electron chi connectivity index (χ4n) is 10.7. The maximum absolute atomic E-state index is 14.8. The summed E-state index contributed by atoms with van der Waals surface area (Å²) in [5, 5.41) is 22.1. The summed E-state index contributed by atoms with van der Waals surface area (Å²) in [5.74, 6) is -7.32. The molecule has 1 saturated heterocycles. The minimum absolute atomic E-state index is 0.00508. The molecule has 0 spiro atoms. The molecule has 4 aliphatic rings. The van der Waals surface area contributed by atoms with E-state index in [1.165, 1.54) is 14.2 Å². The Hall–Kier alpha value is -3.75. The van der Waals surface area contributed by atoms with Crippen LogP contribution in [0.25, 0.3) is 0 Å². The number of fused-ring (bicyclic) bond motifs is 3. The van der Waals surface area contributed by atoms with Crippen molar-refractivity contribution in [1.82, 2.24) is 4.90 Å². The lowest BCUT2D eigenvalue weighted by molar-refractivity contribution is -0.277. The van der Waals surface area contributed by atoms with E-state index in [4.69, 9.17) is 43.6 Å². The smallest absolute Gasteiger partial charge is 0.355 e. The number of hydrogen-bond donors (Lipinski definition) is 3. The van der Waals surface area contributed by atoms with Crippen LogP contribution in [-0.2, 0) is 61.9 Å². The first-order valence-electron chi connectivity index (χ1n) is 27.0. The van der Waals surface area contributed by atoms with Gasteiger partial charge < -0.3 is 53.8 Å². The van der Waals surface area contributed by atoms with E-state index in [0.29, 0.717) is 103 Å². The molecule has 3 aliphatic heterocycles. The summed E-state index contributed by atoms with van der Waals surface area (Å²) in [6, 6.07) is 0. The molecule has 4 rings (SSSR count). The second-order valence-electron chi connectivity index (χ2n) is 21.1. The minimum atomic E-state index is -1.97. The highest BCUT2D eigenvalue weighted by Gasteiger charge is 2.54. The number of Topliss-reactive ketones (excluding diaryl/α,β-unsaturated/α-hetero) is 3. The van der Waals surface area contributed by atoms with Gasteiger partial charge in [0.05, 0.1) is 57.5 Å². The fourth-order valence-corrected chi connectivity index (χ4v) is 10.7. The predicted molar refractivity (Wildman–Crippen MR) is 279 cm³/mol. The number of nitrogens with two attached hydrogens (primary N) is 1. The molecule has 1 aliphatic carbocycles. The van der Waals surface area contributed by atoms with E-state index in [0.717, 1.165) is 10.5 Å². The first-order chi connectivity index (χ1) is 35.3. The van der Waals surface area contributed by atoms with Gasteiger partial charge >= 0.3 is 5.97 Å². The normalized spacial score (nSPS) is 35.9. The number of cyclic esters (lactones) is 1. The lowest BCUT2D eigenvalue weighted by Gasteiger charge is -2.44. The van der Waals surface area contributed by atoms with Crippen molar-refractivity contribution in [2.45, 2.75) is 168 Å². The number of ketones is 3. The first-order valence-corrected chi connectivity index (χ1v) is 27.0. The van der Waals surface area contributed by atoms with Gasteiger partial charge in [-0.3, -0.25) is 24.1 Å². The molecule has 4 N–H and O–H groups in total. The molecule has 0 aromatic heterocycles. The number of amides is 1. The third-order valence-electron chi connectivity index (χ3n) is 15.3. The topological polar surface area (TPSA) is 229 Å². The molecule has 0 radical (unpaired) electrons. The van der Waals surface area contributed by atoms with Crippen molar-refractivity contribution >= 4 is 29.2 Å². The van der Waals surface area contributed by atoms with Crippen molar-refractivity contribution in [3.8, 4) is 0 Å². The molecule has 1 amide bonds. The zero-order valence-electron chi connectivity index (χ0n) is 46.0. The Balaban J connectivity index is 1.72. The summed E-state index contributed by atoms with van der Waals surface area (Å²) in [4.78, 5) is 73.1. The van der Waals surface area contributed by atoms with Crippen LogP contribution >= 0.6 is 0 Å². The van der Waals surface area contributed by atoms with Crippen LogP contribution in [0.3, 0.4) is 0 Å². The SMILES string of the molecule is CO[C@@H]1C[C@H](C[C@@H](C)[C@@H]2CC(=O)[C@H](C)/C=C(\C)[C@@H](O)[C@@H](OC)C(=O)[C@H](C)C[C@H](C)/C=C/C=C/C=C(\C)[C@@H](OCCOCCOCCN)C[C@@H]3CC[C@@H](C)[C@@](OC)(O3)C(=O)C(=O)N3CCCC=C3C(=O)O2)CC[C@H]1O. The molecule has 418 valence electrons. The largest absolute Gasteiger partial charge is 0.457 e. The molecule has 0 aromatic carbocycles. The molecule has 14 atom stereocenters. The van der Waals surface area contributed by atoms with E-state index in [9.17, 15) is 34.2 Å². The van der Waals surface area contributed by atoms with Crippen LogP contribution < -0.4 is 5.73 Å². The molecule has 0 aromatic rings. The second kappa shape index (κ2) is 31.5. The van der Waals surface area contributed by atoms with E-state index in [1.54, 1.807) is 40.0 Å². The van der Waals surface area contributed by atoms with Crippen molar-refractivity contribution in [3.63, 3.8) is 0 Å². The standard InChI is InChI=1S/C57H90N2O15/c1-36-16-12-11-13-17-37(2)48(72-29-28-71-27-26-70-25-23-58)34-44-21-19-42(7)57(69-10,74-44)54(64)55(65)59-24-15-14-18-45(59)56(66)73-49(39(4)32-43-20-22-46(60)50(33-43)67-8)35-47(61)38(3)31-41(6)52(63)53(68-9)51(62)40(5)30-36/h11-13,16-18,31,36,38-40,42-44,46,48-50,52-53,60,63H,14-15,19-30,32-35,58H2,1-10H3/b13-11+,16-12+,37-17+,41-31+/t36-,38-,39-,40-,42-,43+,44+,46-,48+,49+,50-,52-,53+,57-/m1/s1. The van der Waals surface area contributed by atoms with Crippen molar-refractivity contribution < 1.29 is 72.1 Å². The number of aliphatic hydroxyl groups is 2. The molecule has 74 heavy (non-hydrogen) atoms. The van der Waals surface area contributed by atoms with E-state index >= 15 is 0 Å². The lowest BCUT2D eigenvalue weighted by Crippen LogP contribution is -2.59. The number of ether oxygens (including phenoxy) is 8. The van der Waals surface area contributed by atoms with Gasteiger partial charge in [-0.25, -0.2) is 4.79 Å². The van der Waals surface area contributed by atoms with Gasteiger partial charge in [0.2, 0.25) is 5.79 Å². The predicted octanol–water partition coefficient (Wildman–Crippen LogP) is 6.32. The van der Waals surface area contributed by atoms with Crippen molar-refractivity contribution in [1.29, 1.82) is 0 Å². The lowest BCUT2D eigenvalue weighted by atomic mass is 9.78. The average Bonchev–Trinajstić information content (AvgIpc) is 3.38.